The van der Waals surface area contributed by atoms with E-state index in [1.54, 1.807) is 0 Å². The van der Waals surface area contributed by atoms with E-state index in [9.17, 15) is 9.59 Å². The minimum atomic E-state index is -0.495. The van der Waals surface area contributed by atoms with E-state index in [-0.39, 0.29) is 23.0 Å². The molecule has 0 spiro atoms. The van der Waals surface area contributed by atoms with Gasteiger partial charge in [-0.05, 0) is 36.3 Å². The van der Waals surface area contributed by atoms with Gasteiger partial charge in [0.15, 0.2) is 16.6 Å². The molecule has 0 saturated carbocycles. The van der Waals surface area contributed by atoms with Crippen LogP contribution in [0.25, 0.3) is 0 Å². The van der Waals surface area contributed by atoms with E-state index in [2.05, 4.69) is 16.2 Å². The van der Waals surface area contributed by atoms with Gasteiger partial charge in [0.1, 0.15) is 0 Å². The van der Waals surface area contributed by atoms with Crippen LogP contribution in [0.4, 0.5) is 0 Å². The fraction of sp³-hybridized carbons (Fsp3) is 0.250. The van der Waals surface area contributed by atoms with Crippen LogP contribution in [0.1, 0.15) is 22.3 Å². The van der Waals surface area contributed by atoms with Crippen molar-refractivity contribution in [1.29, 1.82) is 0 Å². The molecule has 0 aliphatic rings. The van der Waals surface area contributed by atoms with Gasteiger partial charge in [0.05, 0.1) is 21.3 Å². The Morgan fingerprint density at radius 1 is 0.931 bits per heavy atom. The van der Waals surface area contributed by atoms with Gasteiger partial charge in [-0.3, -0.25) is 20.4 Å². The van der Waals surface area contributed by atoms with Crippen LogP contribution >= 0.6 is 12.2 Å². The van der Waals surface area contributed by atoms with Crippen molar-refractivity contribution in [1.82, 2.24) is 16.2 Å². The van der Waals surface area contributed by atoms with Crippen molar-refractivity contribution in [2.75, 3.05) is 21.3 Å². The van der Waals surface area contributed by atoms with E-state index in [0.29, 0.717) is 23.7 Å². The number of hydrogen-bond acceptors (Lipinski definition) is 6. The Kier molecular flexibility index (Phi) is 8.23. The van der Waals surface area contributed by atoms with Crippen molar-refractivity contribution in [3.8, 4) is 17.2 Å². The van der Waals surface area contributed by atoms with Gasteiger partial charge in [-0.2, -0.15) is 0 Å². The van der Waals surface area contributed by atoms with Gasteiger partial charge in [0.25, 0.3) is 5.91 Å². The first-order chi connectivity index (χ1) is 14.0. The summed E-state index contributed by atoms with van der Waals surface area (Å²) < 4.78 is 15.7. The van der Waals surface area contributed by atoms with E-state index in [1.807, 2.05) is 30.3 Å². The third-order valence-electron chi connectivity index (χ3n) is 3.95. The van der Waals surface area contributed by atoms with Crippen molar-refractivity contribution >= 4 is 29.1 Å². The number of ether oxygens (including phenoxy) is 3. The molecular weight excluding hydrogens is 394 g/mol. The first-order valence-corrected chi connectivity index (χ1v) is 9.13. The standard InChI is InChI=1S/C20H23N3O5S/c1-26-15-11-14(12-16(27-2)18(15)28-3)19(25)22-23-20(29)21-17(24)10-9-13-7-5-4-6-8-13/h4-8,11-12H,9-10H2,1-3H3,(H,22,25)(H2,21,23,24,29). The summed E-state index contributed by atoms with van der Waals surface area (Å²) >= 11 is 5.04. The topological polar surface area (TPSA) is 97.9 Å². The highest BCUT2D eigenvalue weighted by Gasteiger charge is 2.17. The van der Waals surface area contributed by atoms with Crippen LogP contribution in [0, 0.1) is 0 Å². The highest BCUT2D eigenvalue weighted by molar-refractivity contribution is 7.80. The molecule has 2 aromatic carbocycles. The largest absolute Gasteiger partial charge is 0.493 e. The highest BCUT2D eigenvalue weighted by atomic mass is 32.1. The van der Waals surface area contributed by atoms with Crippen molar-refractivity contribution < 1.29 is 23.8 Å². The molecule has 0 fully saturated rings. The Balaban J connectivity index is 1.88. The van der Waals surface area contributed by atoms with Crippen LogP contribution in [0.15, 0.2) is 42.5 Å². The van der Waals surface area contributed by atoms with Gasteiger partial charge in [-0.1, -0.05) is 30.3 Å². The third-order valence-corrected chi connectivity index (χ3v) is 4.16. The summed E-state index contributed by atoms with van der Waals surface area (Å²) in [5.41, 5.74) is 6.23. The summed E-state index contributed by atoms with van der Waals surface area (Å²) in [5.74, 6) is 0.307. The lowest BCUT2D eigenvalue weighted by molar-refractivity contribution is -0.119. The third kappa shape index (κ3) is 6.35. The van der Waals surface area contributed by atoms with E-state index >= 15 is 0 Å². The molecule has 0 aliphatic heterocycles. The predicted molar refractivity (Wildman–Crippen MR) is 112 cm³/mol. The fourth-order valence-electron chi connectivity index (χ4n) is 2.52. The summed E-state index contributed by atoms with van der Waals surface area (Å²) in [4.78, 5) is 24.4. The minimum Gasteiger partial charge on any atom is -0.493 e. The zero-order chi connectivity index (χ0) is 21.2. The predicted octanol–water partition coefficient (Wildman–Crippen LogP) is 1.98. The SMILES string of the molecule is COc1cc(C(=O)NNC(=S)NC(=O)CCc2ccccc2)cc(OC)c1OC. The summed E-state index contributed by atoms with van der Waals surface area (Å²) in [5, 5.41) is 2.51. The number of amides is 2. The average Bonchev–Trinajstić information content (AvgIpc) is 2.75. The van der Waals surface area contributed by atoms with E-state index in [0.717, 1.165) is 5.56 Å². The van der Waals surface area contributed by atoms with Crippen molar-refractivity contribution in [2.45, 2.75) is 12.8 Å². The monoisotopic (exact) mass is 417 g/mol. The number of aryl methyl sites for hydroxylation is 1. The second-order valence-corrected chi connectivity index (χ2v) is 6.26. The quantitative estimate of drug-likeness (QED) is 0.468. The molecule has 0 unspecified atom stereocenters. The lowest BCUT2D eigenvalue weighted by atomic mass is 10.1. The van der Waals surface area contributed by atoms with Gasteiger partial charge in [-0.25, -0.2) is 0 Å². The van der Waals surface area contributed by atoms with Gasteiger partial charge >= 0.3 is 0 Å². The summed E-state index contributed by atoms with van der Waals surface area (Å²) in [6, 6.07) is 12.6. The second-order valence-electron chi connectivity index (χ2n) is 5.86. The molecule has 0 radical (unpaired) electrons. The smallest absolute Gasteiger partial charge is 0.269 e. The van der Waals surface area contributed by atoms with Crippen LogP contribution in [0.2, 0.25) is 0 Å². The Bertz CT molecular complexity index is 849. The summed E-state index contributed by atoms with van der Waals surface area (Å²) in [6.45, 7) is 0. The van der Waals surface area contributed by atoms with Crippen molar-refractivity contribution in [3.63, 3.8) is 0 Å². The lowest BCUT2D eigenvalue weighted by Gasteiger charge is -2.15. The van der Waals surface area contributed by atoms with Crippen LogP contribution in [-0.4, -0.2) is 38.3 Å². The molecule has 3 N–H and O–H groups in total. The highest BCUT2D eigenvalue weighted by Crippen LogP contribution is 2.38. The maximum Gasteiger partial charge on any atom is 0.269 e. The molecule has 8 nitrogen and oxygen atoms in total. The molecule has 9 heteroatoms. The minimum absolute atomic E-state index is 0.0103. The zero-order valence-electron chi connectivity index (χ0n) is 16.4. The Hall–Kier alpha value is -3.33. The molecule has 0 bridgehead atoms. The second kappa shape index (κ2) is 10.9. The zero-order valence-corrected chi connectivity index (χ0v) is 17.2. The molecule has 154 valence electrons. The molecule has 2 amide bonds. The molecular formula is C20H23N3O5S. The van der Waals surface area contributed by atoms with Crippen molar-refractivity contribution in [3.05, 3.63) is 53.6 Å². The van der Waals surface area contributed by atoms with Gasteiger partial charge < -0.3 is 19.5 Å². The maximum absolute atomic E-state index is 12.4. The molecule has 29 heavy (non-hydrogen) atoms. The van der Waals surface area contributed by atoms with Crippen LogP contribution < -0.4 is 30.4 Å². The van der Waals surface area contributed by atoms with Crippen LogP contribution in [0.3, 0.4) is 0 Å². The normalized spacial score (nSPS) is 9.90. The molecule has 0 atom stereocenters. The number of nitrogens with one attached hydrogen (secondary N) is 3. The maximum atomic E-state index is 12.4. The number of benzene rings is 2. The van der Waals surface area contributed by atoms with E-state index in [4.69, 9.17) is 26.4 Å². The molecule has 0 saturated heterocycles. The number of carbonyl (C=O) groups is 2. The van der Waals surface area contributed by atoms with Crippen LogP contribution in [-0.2, 0) is 11.2 Å². The Morgan fingerprint density at radius 3 is 2.10 bits per heavy atom. The molecule has 2 rings (SSSR count). The fourth-order valence-corrected chi connectivity index (χ4v) is 2.69. The Labute approximate surface area is 174 Å². The van der Waals surface area contributed by atoms with E-state index < -0.39 is 5.91 Å². The number of hydrogen-bond donors (Lipinski definition) is 3. The Morgan fingerprint density at radius 2 is 1.55 bits per heavy atom. The first kappa shape index (κ1) is 22.0. The number of methoxy groups -OCH3 is 3. The van der Waals surface area contributed by atoms with Gasteiger partial charge in [0.2, 0.25) is 11.7 Å². The van der Waals surface area contributed by atoms with Gasteiger partial charge in [-0.15, -0.1) is 0 Å². The van der Waals surface area contributed by atoms with Gasteiger partial charge in [0, 0.05) is 12.0 Å². The van der Waals surface area contributed by atoms with E-state index in [1.165, 1.54) is 33.5 Å². The molecule has 0 heterocycles. The molecule has 0 aliphatic carbocycles. The number of rotatable bonds is 7. The average molecular weight is 417 g/mol. The lowest BCUT2D eigenvalue weighted by Crippen LogP contribution is -2.48. The first-order valence-electron chi connectivity index (χ1n) is 8.72. The number of hydrazine groups is 1. The summed E-state index contributed by atoms with van der Waals surface area (Å²) in [7, 11) is 4.38. The molecule has 2 aromatic rings. The van der Waals surface area contributed by atoms with Crippen LogP contribution in [0.5, 0.6) is 17.2 Å². The summed E-state index contributed by atoms with van der Waals surface area (Å²) in [6.07, 6.45) is 0.861. The van der Waals surface area contributed by atoms with Crippen molar-refractivity contribution in [2.24, 2.45) is 0 Å². The number of thiocarbonyl (C=S) groups is 1. The number of carbonyl (C=O) groups excluding carboxylic acids is 2. The molecule has 0 aromatic heterocycles.